The van der Waals surface area contributed by atoms with Crippen LogP contribution in [0.15, 0.2) is 29.3 Å². The van der Waals surface area contributed by atoms with E-state index in [2.05, 4.69) is 19.7 Å². The van der Waals surface area contributed by atoms with Crippen molar-refractivity contribution in [3.05, 3.63) is 40.8 Å². The van der Waals surface area contributed by atoms with Gasteiger partial charge in [0.05, 0.1) is 16.3 Å². The number of nitrogens with one attached hydrogen (secondary N) is 2. The van der Waals surface area contributed by atoms with E-state index in [1.807, 2.05) is 6.92 Å². The Morgan fingerprint density at radius 1 is 1.37 bits per heavy atom. The Bertz CT molecular complexity index is 996. The van der Waals surface area contributed by atoms with Crippen molar-refractivity contribution in [2.24, 2.45) is 0 Å². The maximum atomic E-state index is 12.7. The van der Waals surface area contributed by atoms with Crippen molar-refractivity contribution in [2.45, 2.75) is 31.6 Å². The first kappa shape index (κ1) is 19.5. The summed E-state index contributed by atoms with van der Waals surface area (Å²) < 4.78 is 45.4. The molecule has 0 spiro atoms. The number of alkyl halides is 2. The predicted octanol–water partition coefficient (Wildman–Crippen LogP) is 4.26. The third-order valence-corrected chi connectivity index (χ3v) is 5.12. The number of hydrogen-bond acceptors (Lipinski definition) is 4. The van der Waals surface area contributed by atoms with Crippen LogP contribution in [0.3, 0.4) is 0 Å². The van der Waals surface area contributed by atoms with Crippen molar-refractivity contribution in [1.29, 1.82) is 0 Å². The summed E-state index contributed by atoms with van der Waals surface area (Å²) >= 11 is 5.96. The highest BCUT2D eigenvalue weighted by Gasteiger charge is 2.17. The van der Waals surface area contributed by atoms with Crippen LogP contribution >= 0.6 is 11.6 Å². The van der Waals surface area contributed by atoms with Gasteiger partial charge in [-0.25, -0.2) is 23.0 Å². The molecule has 2 N–H and O–H groups in total. The standard InChI is InChI=1S/C17H17ClF2N4O2S/c1-3-12-16(26-8-15(19)20)9(2)22-17(23-12)24-27(25)14-7-21-13-6-10(18)4-5-11(13)14/h4-7,15,21H,3,8H2,1-2H3,(H,22,23,24). The number of aryl methyl sites for hydroxylation is 2. The largest absolute Gasteiger partial charge is 0.484 e. The Kier molecular flexibility index (Phi) is 5.91. The second-order valence-corrected chi connectivity index (χ2v) is 7.30. The zero-order valence-electron chi connectivity index (χ0n) is 14.6. The molecule has 0 fully saturated rings. The van der Waals surface area contributed by atoms with Gasteiger partial charge in [0, 0.05) is 22.1 Å². The molecule has 2 aromatic heterocycles. The monoisotopic (exact) mass is 414 g/mol. The highest BCUT2D eigenvalue weighted by atomic mass is 35.5. The third kappa shape index (κ3) is 4.36. The van der Waals surface area contributed by atoms with Crippen molar-refractivity contribution in [2.75, 3.05) is 11.3 Å². The van der Waals surface area contributed by atoms with E-state index in [1.54, 1.807) is 31.3 Å². The van der Waals surface area contributed by atoms with E-state index in [-0.39, 0.29) is 11.7 Å². The number of aromatic nitrogens is 3. The Labute approximate surface area is 161 Å². The van der Waals surface area contributed by atoms with Crippen LogP contribution in [0.4, 0.5) is 14.7 Å². The molecule has 0 bridgehead atoms. The molecule has 0 amide bonds. The van der Waals surface area contributed by atoms with Crippen LogP contribution in [0.25, 0.3) is 10.9 Å². The second kappa shape index (κ2) is 8.18. The molecule has 0 saturated heterocycles. The first-order valence-corrected chi connectivity index (χ1v) is 9.65. The number of H-pyrrole nitrogens is 1. The predicted molar refractivity (Wildman–Crippen MR) is 101 cm³/mol. The molecule has 144 valence electrons. The first-order chi connectivity index (χ1) is 12.9. The molecular formula is C17H17ClF2N4O2S. The van der Waals surface area contributed by atoms with Crippen molar-refractivity contribution < 1.29 is 17.7 Å². The van der Waals surface area contributed by atoms with Crippen molar-refractivity contribution in [1.82, 2.24) is 15.0 Å². The number of halogens is 3. The van der Waals surface area contributed by atoms with E-state index in [4.69, 9.17) is 16.3 Å². The molecule has 0 aliphatic heterocycles. The molecule has 2 heterocycles. The Hall–Kier alpha value is -2.26. The van der Waals surface area contributed by atoms with Crippen LogP contribution in [0.2, 0.25) is 5.02 Å². The topological polar surface area (TPSA) is 79.9 Å². The molecule has 10 heteroatoms. The van der Waals surface area contributed by atoms with Gasteiger partial charge >= 0.3 is 0 Å². The van der Waals surface area contributed by atoms with Gasteiger partial charge in [0.1, 0.15) is 6.61 Å². The lowest BCUT2D eigenvalue weighted by molar-refractivity contribution is 0.0806. The number of ether oxygens (including phenoxy) is 1. The number of benzene rings is 1. The fourth-order valence-corrected chi connectivity index (χ4v) is 3.69. The minimum atomic E-state index is -2.59. The highest BCUT2D eigenvalue weighted by molar-refractivity contribution is 7.86. The fraction of sp³-hybridized carbons (Fsp3) is 0.294. The molecule has 6 nitrogen and oxygen atoms in total. The molecule has 1 atom stereocenters. The normalized spacial score (nSPS) is 12.5. The maximum Gasteiger partial charge on any atom is 0.272 e. The summed E-state index contributed by atoms with van der Waals surface area (Å²) in [5.41, 5.74) is 1.62. The van der Waals surface area contributed by atoms with Gasteiger partial charge in [0.15, 0.2) is 16.7 Å². The van der Waals surface area contributed by atoms with Crippen molar-refractivity contribution in [3.8, 4) is 5.75 Å². The maximum absolute atomic E-state index is 12.7. The van der Waals surface area contributed by atoms with E-state index >= 15 is 0 Å². The molecular weight excluding hydrogens is 398 g/mol. The SMILES string of the molecule is CCc1nc(NS(=O)c2c[nH]c3cc(Cl)ccc23)nc(C)c1OCC(F)F. The van der Waals surface area contributed by atoms with Crippen LogP contribution in [-0.2, 0) is 17.4 Å². The summed E-state index contributed by atoms with van der Waals surface area (Å²) in [7, 11) is -1.63. The first-order valence-electron chi connectivity index (χ1n) is 8.12. The lowest BCUT2D eigenvalue weighted by atomic mass is 10.2. The summed E-state index contributed by atoms with van der Waals surface area (Å²) in [6.07, 6.45) is -0.512. The van der Waals surface area contributed by atoms with Crippen LogP contribution in [0.1, 0.15) is 18.3 Å². The summed E-state index contributed by atoms with van der Waals surface area (Å²) in [5.74, 6) is 0.367. The summed E-state index contributed by atoms with van der Waals surface area (Å²) in [4.78, 5) is 12.0. The van der Waals surface area contributed by atoms with E-state index < -0.39 is 24.0 Å². The molecule has 3 rings (SSSR count). The van der Waals surface area contributed by atoms with Gasteiger partial charge in [-0.1, -0.05) is 24.6 Å². The molecule has 0 aliphatic rings. The van der Waals surface area contributed by atoms with Crippen molar-refractivity contribution in [3.63, 3.8) is 0 Å². The smallest absolute Gasteiger partial charge is 0.272 e. The van der Waals surface area contributed by atoms with Gasteiger partial charge in [0.25, 0.3) is 6.43 Å². The minimum Gasteiger partial charge on any atom is -0.484 e. The van der Waals surface area contributed by atoms with Gasteiger partial charge in [-0.3, -0.25) is 4.72 Å². The number of anilines is 1. The quantitative estimate of drug-likeness (QED) is 0.605. The number of aromatic amines is 1. The molecule has 27 heavy (non-hydrogen) atoms. The van der Waals surface area contributed by atoms with Crippen molar-refractivity contribution >= 4 is 39.4 Å². The number of rotatable bonds is 7. The van der Waals surface area contributed by atoms with Gasteiger partial charge < -0.3 is 9.72 Å². The lowest BCUT2D eigenvalue weighted by Gasteiger charge is -2.13. The Morgan fingerprint density at radius 3 is 2.85 bits per heavy atom. The molecule has 1 aromatic carbocycles. The summed E-state index contributed by atoms with van der Waals surface area (Å²) in [6.45, 7) is 2.72. The van der Waals surface area contributed by atoms with E-state index in [0.717, 1.165) is 10.9 Å². The molecule has 0 saturated carbocycles. The zero-order chi connectivity index (χ0) is 19.6. The Balaban J connectivity index is 1.86. The van der Waals surface area contributed by atoms with Gasteiger partial charge in [-0.05, 0) is 25.5 Å². The van der Waals surface area contributed by atoms with Crippen LogP contribution in [0, 0.1) is 6.92 Å². The number of hydrogen-bond donors (Lipinski definition) is 2. The fourth-order valence-electron chi connectivity index (χ4n) is 2.60. The number of nitrogens with zero attached hydrogens (tertiary/aromatic N) is 2. The van der Waals surface area contributed by atoms with E-state index in [0.29, 0.717) is 27.7 Å². The molecule has 0 radical (unpaired) electrons. The van der Waals surface area contributed by atoms with Gasteiger partial charge in [-0.2, -0.15) is 0 Å². The molecule has 3 aromatic rings. The lowest BCUT2D eigenvalue weighted by Crippen LogP contribution is -2.14. The number of fused-ring (bicyclic) bond motifs is 1. The summed E-state index contributed by atoms with van der Waals surface area (Å²) in [5, 5.41) is 1.33. The average molecular weight is 415 g/mol. The molecule has 0 aliphatic carbocycles. The zero-order valence-corrected chi connectivity index (χ0v) is 16.1. The molecule has 1 unspecified atom stereocenters. The van der Waals surface area contributed by atoms with Crippen LogP contribution in [0.5, 0.6) is 5.75 Å². The highest BCUT2D eigenvalue weighted by Crippen LogP contribution is 2.26. The average Bonchev–Trinajstić information content (AvgIpc) is 3.03. The second-order valence-electron chi connectivity index (χ2n) is 5.68. The van der Waals surface area contributed by atoms with Crippen LogP contribution < -0.4 is 9.46 Å². The summed E-state index contributed by atoms with van der Waals surface area (Å²) in [6, 6.07) is 5.22. The van der Waals surface area contributed by atoms with Gasteiger partial charge in [0.2, 0.25) is 5.95 Å². The van der Waals surface area contributed by atoms with E-state index in [1.165, 1.54) is 0 Å². The Morgan fingerprint density at radius 2 is 2.15 bits per heavy atom. The minimum absolute atomic E-state index is 0.135. The van der Waals surface area contributed by atoms with Gasteiger partial charge in [-0.15, -0.1) is 0 Å². The third-order valence-electron chi connectivity index (χ3n) is 3.78. The van der Waals surface area contributed by atoms with E-state index in [9.17, 15) is 13.0 Å². The van der Waals surface area contributed by atoms with Crippen LogP contribution in [-0.4, -0.2) is 32.2 Å².